The maximum atomic E-state index is 9.10. The summed E-state index contributed by atoms with van der Waals surface area (Å²) in [6, 6.07) is 1.69. The van der Waals surface area contributed by atoms with Gasteiger partial charge in [-0.2, -0.15) is 0 Å². The summed E-state index contributed by atoms with van der Waals surface area (Å²) in [4.78, 5) is 4.19. The van der Waals surface area contributed by atoms with E-state index in [1.807, 2.05) is 13.8 Å². The van der Waals surface area contributed by atoms with Gasteiger partial charge in [-0.3, -0.25) is 0 Å². The number of methoxy groups -OCH3 is 1. The number of aryl methyl sites for hydroxylation is 2. The summed E-state index contributed by atoms with van der Waals surface area (Å²) in [5.74, 6) is 0.534. The number of aromatic nitrogens is 1. The predicted octanol–water partition coefficient (Wildman–Crippen LogP) is -0.359. The van der Waals surface area contributed by atoms with E-state index in [2.05, 4.69) is 4.98 Å². The van der Waals surface area contributed by atoms with Gasteiger partial charge in [-0.05, 0) is 13.3 Å². The minimum atomic E-state index is -1.47. The Balaban J connectivity index is 3.24. The van der Waals surface area contributed by atoms with Gasteiger partial charge in [-0.1, -0.05) is 13.0 Å². The predicted molar refractivity (Wildman–Crippen MR) is 54.7 cm³/mol. The minimum absolute atomic E-state index is 0.450. The molecule has 14 heavy (non-hydrogen) atoms. The summed E-state index contributed by atoms with van der Waals surface area (Å²) in [7, 11) is 0.0751. The van der Waals surface area contributed by atoms with Crippen LogP contribution in [0.15, 0.2) is 6.07 Å². The molecular formula is C9H14BNO3. The monoisotopic (exact) mass is 195 g/mol. The third kappa shape index (κ3) is 2.05. The first-order valence-electron chi connectivity index (χ1n) is 4.50. The Morgan fingerprint density at radius 1 is 1.50 bits per heavy atom. The largest absolute Gasteiger partial charge is 0.490 e. The van der Waals surface area contributed by atoms with Crippen molar-refractivity contribution in [3.63, 3.8) is 0 Å². The van der Waals surface area contributed by atoms with Crippen LogP contribution in [0.2, 0.25) is 0 Å². The van der Waals surface area contributed by atoms with Crippen LogP contribution in [0.1, 0.15) is 18.2 Å². The quantitative estimate of drug-likeness (QED) is 0.646. The van der Waals surface area contributed by atoms with E-state index in [0.29, 0.717) is 23.5 Å². The van der Waals surface area contributed by atoms with E-state index in [4.69, 9.17) is 14.8 Å². The zero-order valence-electron chi connectivity index (χ0n) is 8.61. The zero-order valence-corrected chi connectivity index (χ0v) is 8.61. The summed E-state index contributed by atoms with van der Waals surface area (Å²) >= 11 is 0. The summed E-state index contributed by atoms with van der Waals surface area (Å²) in [5.41, 5.74) is 1.90. The van der Waals surface area contributed by atoms with Gasteiger partial charge in [0.1, 0.15) is 0 Å². The SMILES string of the molecule is CCc1nc(OC)c(C)cc1B(O)O. The van der Waals surface area contributed by atoms with Crippen molar-refractivity contribution in [2.75, 3.05) is 7.11 Å². The Kier molecular flexibility index (Phi) is 3.49. The van der Waals surface area contributed by atoms with E-state index in [-0.39, 0.29) is 0 Å². The zero-order chi connectivity index (χ0) is 10.7. The second-order valence-electron chi connectivity index (χ2n) is 3.08. The van der Waals surface area contributed by atoms with Gasteiger partial charge < -0.3 is 14.8 Å². The van der Waals surface area contributed by atoms with E-state index in [1.165, 1.54) is 0 Å². The highest BCUT2D eigenvalue weighted by atomic mass is 16.5. The minimum Gasteiger partial charge on any atom is -0.481 e. The first-order chi connectivity index (χ1) is 6.60. The lowest BCUT2D eigenvalue weighted by atomic mass is 9.78. The van der Waals surface area contributed by atoms with Crippen LogP contribution in [0.25, 0.3) is 0 Å². The molecule has 0 aliphatic rings. The van der Waals surface area contributed by atoms with Crippen LogP contribution in [0.3, 0.4) is 0 Å². The number of rotatable bonds is 3. The maximum Gasteiger partial charge on any atom is 0.490 e. The van der Waals surface area contributed by atoms with Crippen LogP contribution in [0, 0.1) is 6.92 Å². The second kappa shape index (κ2) is 4.44. The average Bonchev–Trinajstić information content (AvgIpc) is 2.17. The molecule has 0 radical (unpaired) electrons. The number of hydrogen-bond acceptors (Lipinski definition) is 4. The van der Waals surface area contributed by atoms with E-state index in [0.717, 1.165) is 5.56 Å². The Morgan fingerprint density at radius 3 is 2.57 bits per heavy atom. The fourth-order valence-corrected chi connectivity index (χ4v) is 1.37. The Labute approximate surface area is 83.7 Å². The molecule has 4 nitrogen and oxygen atoms in total. The Hall–Kier alpha value is -1.07. The van der Waals surface area contributed by atoms with Crippen LogP contribution < -0.4 is 10.2 Å². The van der Waals surface area contributed by atoms with Crippen molar-refractivity contribution in [2.24, 2.45) is 0 Å². The molecule has 0 unspecified atom stereocenters. The van der Waals surface area contributed by atoms with Gasteiger partial charge in [0.25, 0.3) is 0 Å². The van der Waals surface area contributed by atoms with Gasteiger partial charge in [0.2, 0.25) is 5.88 Å². The topological polar surface area (TPSA) is 62.6 Å². The number of nitrogens with zero attached hydrogens (tertiary/aromatic N) is 1. The Morgan fingerprint density at radius 2 is 2.14 bits per heavy atom. The fourth-order valence-electron chi connectivity index (χ4n) is 1.37. The molecule has 0 bridgehead atoms. The highest BCUT2D eigenvalue weighted by Crippen LogP contribution is 2.13. The lowest BCUT2D eigenvalue weighted by Crippen LogP contribution is -2.34. The summed E-state index contributed by atoms with van der Waals surface area (Å²) in [6.45, 7) is 3.72. The molecule has 1 heterocycles. The average molecular weight is 195 g/mol. The standard InChI is InChI=1S/C9H14BNO3/c1-4-8-7(10(12)13)5-6(2)9(11-8)14-3/h5,12-13H,4H2,1-3H3. The van der Waals surface area contributed by atoms with Crippen LogP contribution >= 0.6 is 0 Å². The molecule has 0 saturated carbocycles. The van der Waals surface area contributed by atoms with E-state index >= 15 is 0 Å². The van der Waals surface area contributed by atoms with Gasteiger partial charge in [0.05, 0.1) is 7.11 Å². The van der Waals surface area contributed by atoms with Gasteiger partial charge in [0, 0.05) is 16.7 Å². The molecule has 5 heteroatoms. The molecule has 1 aromatic rings. The summed E-state index contributed by atoms with van der Waals surface area (Å²) in [5, 5.41) is 18.2. The van der Waals surface area contributed by atoms with Crippen LogP contribution in [0.5, 0.6) is 5.88 Å². The van der Waals surface area contributed by atoms with Crippen molar-refractivity contribution in [1.82, 2.24) is 4.98 Å². The van der Waals surface area contributed by atoms with Crippen LogP contribution in [-0.2, 0) is 6.42 Å². The van der Waals surface area contributed by atoms with Gasteiger partial charge in [-0.15, -0.1) is 0 Å². The molecule has 0 spiro atoms. The molecule has 1 rings (SSSR count). The van der Waals surface area contributed by atoms with Crippen LogP contribution in [-0.4, -0.2) is 29.3 Å². The maximum absolute atomic E-state index is 9.10. The van der Waals surface area contributed by atoms with Crippen LogP contribution in [0.4, 0.5) is 0 Å². The highest BCUT2D eigenvalue weighted by molar-refractivity contribution is 6.59. The van der Waals surface area contributed by atoms with Crippen molar-refractivity contribution < 1.29 is 14.8 Å². The van der Waals surface area contributed by atoms with Gasteiger partial charge >= 0.3 is 7.12 Å². The third-order valence-corrected chi connectivity index (χ3v) is 2.09. The Bertz CT molecular complexity index is 328. The lowest BCUT2D eigenvalue weighted by molar-refractivity contribution is 0.392. The molecule has 1 aromatic heterocycles. The smallest absolute Gasteiger partial charge is 0.481 e. The molecular weight excluding hydrogens is 181 g/mol. The first kappa shape index (κ1) is 11.0. The molecule has 2 N–H and O–H groups in total. The van der Waals surface area contributed by atoms with E-state index < -0.39 is 7.12 Å². The third-order valence-electron chi connectivity index (χ3n) is 2.09. The van der Waals surface area contributed by atoms with Gasteiger partial charge in [0.15, 0.2) is 0 Å². The van der Waals surface area contributed by atoms with Crippen molar-refractivity contribution >= 4 is 12.6 Å². The molecule has 0 atom stereocenters. The van der Waals surface area contributed by atoms with Crippen molar-refractivity contribution in [3.8, 4) is 5.88 Å². The van der Waals surface area contributed by atoms with E-state index in [9.17, 15) is 0 Å². The molecule has 0 aliphatic heterocycles. The number of pyridine rings is 1. The summed E-state index contributed by atoms with van der Waals surface area (Å²) in [6.07, 6.45) is 0.642. The van der Waals surface area contributed by atoms with Crippen molar-refractivity contribution in [3.05, 3.63) is 17.3 Å². The molecule has 0 aromatic carbocycles. The summed E-state index contributed by atoms with van der Waals surface area (Å²) < 4.78 is 5.05. The highest BCUT2D eigenvalue weighted by Gasteiger charge is 2.18. The molecule has 0 amide bonds. The second-order valence-corrected chi connectivity index (χ2v) is 3.08. The molecule has 0 fully saturated rings. The normalized spacial score (nSPS) is 10.1. The molecule has 0 aliphatic carbocycles. The van der Waals surface area contributed by atoms with Crippen molar-refractivity contribution in [1.29, 1.82) is 0 Å². The number of ether oxygens (including phenoxy) is 1. The molecule has 0 saturated heterocycles. The van der Waals surface area contributed by atoms with Crippen molar-refractivity contribution in [2.45, 2.75) is 20.3 Å². The van der Waals surface area contributed by atoms with Gasteiger partial charge in [-0.25, -0.2) is 4.98 Å². The first-order valence-corrected chi connectivity index (χ1v) is 4.50. The number of hydrogen-bond donors (Lipinski definition) is 2. The van der Waals surface area contributed by atoms with E-state index in [1.54, 1.807) is 13.2 Å². The lowest BCUT2D eigenvalue weighted by Gasteiger charge is -2.10. The fraction of sp³-hybridized carbons (Fsp3) is 0.444. The molecule has 76 valence electrons.